The predicted molar refractivity (Wildman–Crippen MR) is 129 cm³/mol. The lowest BCUT2D eigenvalue weighted by molar-refractivity contribution is -0.137. The third-order valence-corrected chi connectivity index (χ3v) is 8.93. The summed E-state index contributed by atoms with van der Waals surface area (Å²) in [5.41, 5.74) is -0.851. The van der Waals surface area contributed by atoms with Crippen molar-refractivity contribution < 1.29 is 26.4 Å². The van der Waals surface area contributed by atoms with E-state index in [-0.39, 0.29) is 29.3 Å². The van der Waals surface area contributed by atoms with Crippen LogP contribution in [0.5, 0.6) is 0 Å². The topological polar surface area (TPSA) is 69.7 Å². The van der Waals surface area contributed by atoms with Crippen molar-refractivity contribution >= 4 is 28.3 Å². The highest BCUT2D eigenvalue weighted by Gasteiger charge is 2.40. The van der Waals surface area contributed by atoms with Crippen LogP contribution in [0.3, 0.4) is 0 Å². The number of hydrogen-bond acceptors (Lipinski definition) is 4. The summed E-state index contributed by atoms with van der Waals surface area (Å²) in [6, 6.07) is 4.25. The second-order valence-electron chi connectivity index (χ2n) is 9.10. The summed E-state index contributed by atoms with van der Waals surface area (Å²) >= 11 is 0. The van der Waals surface area contributed by atoms with E-state index in [1.165, 1.54) is 12.1 Å². The highest BCUT2D eigenvalue weighted by molar-refractivity contribution is 7.89. The number of nitrogens with one attached hydrogen (secondary N) is 1. The van der Waals surface area contributed by atoms with Gasteiger partial charge < -0.3 is 5.32 Å². The van der Waals surface area contributed by atoms with Gasteiger partial charge in [0.05, 0.1) is 11.3 Å². The number of carbonyl (C=O) groups is 1. The Balaban J connectivity index is 0.00000408. The Morgan fingerprint density at radius 3 is 2.06 bits per heavy atom. The standard InChI is InChI=1S/C23H34F3N3O3S.ClH/c1-2-17-33(31,32)29-15-13-28(14-16-29)22(11-5-3-4-6-12-22)18-27-21(30)19-7-9-20(10-8-19)23(24,25)26;/h7-10H,2-6,11-18H2,1H3,(H,27,30);1H. The van der Waals surface area contributed by atoms with Gasteiger partial charge in [0.1, 0.15) is 0 Å². The zero-order valence-corrected chi connectivity index (χ0v) is 21.2. The third kappa shape index (κ3) is 7.08. The van der Waals surface area contributed by atoms with Crippen LogP contribution in [0.15, 0.2) is 24.3 Å². The van der Waals surface area contributed by atoms with Gasteiger partial charge in [0.15, 0.2) is 0 Å². The Kier molecular flexibility index (Phi) is 10.2. The molecule has 0 bridgehead atoms. The maximum absolute atomic E-state index is 12.8. The van der Waals surface area contributed by atoms with E-state index in [1.807, 2.05) is 6.92 Å². The first-order chi connectivity index (χ1) is 15.6. The number of alkyl halides is 3. The van der Waals surface area contributed by atoms with Gasteiger partial charge in [-0.1, -0.05) is 32.6 Å². The van der Waals surface area contributed by atoms with E-state index in [4.69, 9.17) is 0 Å². The monoisotopic (exact) mass is 525 g/mol. The molecule has 1 saturated carbocycles. The van der Waals surface area contributed by atoms with Gasteiger partial charge in [-0.2, -0.15) is 17.5 Å². The molecule has 2 aliphatic rings. The first-order valence-electron chi connectivity index (χ1n) is 11.8. The summed E-state index contributed by atoms with van der Waals surface area (Å²) in [7, 11) is -3.23. The number of hydrogen-bond donors (Lipinski definition) is 1. The Bertz CT molecular complexity index is 894. The third-order valence-electron chi connectivity index (χ3n) is 6.85. The first-order valence-corrected chi connectivity index (χ1v) is 13.4. The van der Waals surface area contributed by atoms with Crippen molar-refractivity contribution in [2.45, 2.75) is 63.6 Å². The van der Waals surface area contributed by atoms with E-state index < -0.39 is 27.7 Å². The van der Waals surface area contributed by atoms with E-state index in [9.17, 15) is 26.4 Å². The van der Waals surface area contributed by atoms with Crippen LogP contribution in [0.4, 0.5) is 13.2 Å². The quantitative estimate of drug-likeness (QED) is 0.539. The summed E-state index contributed by atoms with van der Waals surface area (Å²) in [5.74, 6) is -0.238. The molecule has 1 aliphatic heterocycles. The molecule has 3 rings (SSSR count). The zero-order chi connectivity index (χ0) is 24.1. The number of halogens is 4. The molecule has 1 heterocycles. The lowest BCUT2D eigenvalue weighted by Gasteiger charge is -2.47. The highest BCUT2D eigenvalue weighted by atomic mass is 35.5. The maximum atomic E-state index is 12.8. The van der Waals surface area contributed by atoms with Crippen LogP contribution in [-0.2, 0) is 16.2 Å². The van der Waals surface area contributed by atoms with Crippen molar-refractivity contribution in [2.75, 3.05) is 38.5 Å². The van der Waals surface area contributed by atoms with E-state index >= 15 is 0 Å². The fourth-order valence-electron chi connectivity index (χ4n) is 4.98. The van der Waals surface area contributed by atoms with Crippen LogP contribution in [-0.4, -0.2) is 67.5 Å². The van der Waals surface area contributed by atoms with Crippen molar-refractivity contribution in [1.29, 1.82) is 0 Å². The van der Waals surface area contributed by atoms with Crippen LogP contribution in [0.2, 0.25) is 0 Å². The second-order valence-corrected chi connectivity index (χ2v) is 11.2. The van der Waals surface area contributed by atoms with Crippen molar-refractivity contribution in [3.63, 3.8) is 0 Å². The van der Waals surface area contributed by atoms with Crippen molar-refractivity contribution in [1.82, 2.24) is 14.5 Å². The lowest BCUT2D eigenvalue weighted by atomic mass is 9.87. The van der Waals surface area contributed by atoms with Crippen LogP contribution in [0.25, 0.3) is 0 Å². The van der Waals surface area contributed by atoms with Crippen molar-refractivity contribution in [3.05, 3.63) is 35.4 Å². The fourth-order valence-corrected chi connectivity index (χ4v) is 6.47. The minimum atomic E-state index is -4.44. The zero-order valence-electron chi connectivity index (χ0n) is 19.6. The molecule has 0 unspecified atom stereocenters. The Hall–Kier alpha value is -1.36. The summed E-state index contributed by atoms with van der Waals surface area (Å²) in [4.78, 5) is 15.0. The highest BCUT2D eigenvalue weighted by Crippen LogP contribution is 2.34. The molecule has 0 aromatic heterocycles. The Morgan fingerprint density at radius 2 is 1.56 bits per heavy atom. The summed E-state index contributed by atoms with van der Waals surface area (Å²) in [6.07, 6.45) is 2.27. The van der Waals surface area contributed by atoms with Crippen LogP contribution in [0, 0.1) is 0 Å². The number of nitrogens with zero attached hydrogens (tertiary/aromatic N) is 2. The Morgan fingerprint density at radius 1 is 1.00 bits per heavy atom. The summed E-state index contributed by atoms with van der Waals surface area (Å²) < 4.78 is 64.9. The number of benzene rings is 1. The molecule has 1 aromatic rings. The van der Waals surface area contributed by atoms with Crippen LogP contribution < -0.4 is 5.32 Å². The number of piperazine rings is 1. The molecule has 2 fully saturated rings. The fraction of sp³-hybridized carbons (Fsp3) is 0.696. The molecule has 34 heavy (non-hydrogen) atoms. The molecule has 1 aliphatic carbocycles. The smallest absolute Gasteiger partial charge is 0.350 e. The number of amides is 1. The van der Waals surface area contributed by atoms with Gasteiger partial charge in [0, 0.05) is 43.8 Å². The van der Waals surface area contributed by atoms with Gasteiger partial charge in [-0.05, 0) is 43.5 Å². The lowest BCUT2D eigenvalue weighted by Crippen LogP contribution is -2.61. The van der Waals surface area contributed by atoms with Crippen molar-refractivity contribution in [2.24, 2.45) is 0 Å². The van der Waals surface area contributed by atoms with E-state index in [2.05, 4.69) is 10.2 Å². The van der Waals surface area contributed by atoms with Gasteiger partial charge in [-0.3, -0.25) is 9.69 Å². The van der Waals surface area contributed by atoms with Gasteiger partial charge >= 0.3 is 6.18 Å². The van der Waals surface area contributed by atoms with E-state index in [0.717, 1.165) is 50.7 Å². The number of carbonyl (C=O) groups excluding carboxylic acids is 1. The predicted octanol–water partition coefficient (Wildman–Crippen LogP) is 4.31. The van der Waals surface area contributed by atoms with Gasteiger partial charge in [-0.25, -0.2) is 8.42 Å². The molecule has 11 heteroatoms. The van der Waals surface area contributed by atoms with Crippen LogP contribution in [0.1, 0.15) is 67.8 Å². The minimum Gasteiger partial charge on any atom is -0.350 e. The average molecular weight is 526 g/mol. The molecule has 1 amide bonds. The minimum absolute atomic E-state index is 0. The SMILES string of the molecule is CCCS(=O)(=O)N1CCN(C2(CNC(=O)c3ccc(C(F)(F)F)cc3)CCCCCC2)CC1.Cl. The molecular weight excluding hydrogens is 491 g/mol. The number of rotatable bonds is 7. The molecule has 1 saturated heterocycles. The molecule has 6 nitrogen and oxygen atoms in total. The second kappa shape index (κ2) is 12.1. The largest absolute Gasteiger partial charge is 0.416 e. The molecule has 0 spiro atoms. The molecular formula is C23H35ClF3N3O3S. The maximum Gasteiger partial charge on any atom is 0.416 e. The van der Waals surface area contributed by atoms with Crippen molar-refractivity contribution in [3.8, 4) is 0 Å². The van der Waals surface area contributed by atoms with Gasteiger partial charge in [0.2, 0.25) is 10.0 Å². The van der Waals surface area contributed by atoms with E-state index in [1.54, 1.807) is 4.31 Å². The molecule has 194 valence electrons. The molecule has 1 N–H and O–H groups in total. The summed E-state index contributed by atoms with van der Waals surface area (Å²) in [6.45, 7) is 4.36. The average Bonchev–Trinajstić information content (AvgIpc) is 3.04. The molecule has 0 atom stereocenters. The van der Waals surface area contributed by atoms with Gasteiger partial charge in [-0.15, -0.1) is 12.4 Å². The Labute approximate surface area is 206 Å². The normalized spacial score (nSPS) is 20.2. The molecule has 1 aromatic carbocycles. The van der Waals surface area contributed by atoms with Crippen LogP contribution >= 0.6 is 12.4 Å². The van der Waals surface area contributed by atoms with Gasteiger partial charge in [0.25, 0.3) is 5.91 Å². The first kappa shape index (κ1) is 28.9. The molecule has 0 radical (unpaired) electrons. The summed E-state index contributed by atoms with van der Waals surface area (Å²) in [5, 5.41) is 2.96. The van der Waals surface area contributed by atoms with E-state index in [0.29, 0.717) is 39.1 Å². The number of sulfonamides is 1.